The number of rotatable bonds is 6. The van der Waals surface area contributed by atoms with Crippen LogP contribution in [0.5, 0.6) is 5.75 Å². The Morgan fingerprint density at radius 3 is 2.60 bits per heavy atom. The first kappa shape index (κ1) is 14.2. The van der Waals surface area contributed by atoms with E-state index in [4.69, 9.17) is 14.9 Å². The van der Waals surface area contributed by atoms with Crippen LogP contribution in [-0.4, -0.2) is 21.5 Å². The highest BCUT2D eigenvalue weighted by Gasteiger charge is 2.05. The molecule has 1 heterocycles. The molecule has 0 fully saturated rings. The molecule has 0 atom stereocenters. The molecule has 1 aromatic heterocycles. The van der Waals surface area contributed by atoms with E-state index >= 15 is 0 Å². The molecule has 0 bridgehead atoms. The number of aromatic nitrogens is 1. The maximum absolute atomic E-state index is 11.0. The molecule has 0 aliphatic carbocycles. The summed E-state index contributed by atoms with van der Waals surface area (Å²) in [5, 5.41) is 18.0. The number of aldehydes is 1. The van der Waals surface area contributed by atoms with Crippen LogP contribution in [0.3, 0.4) is 0 Å². The number of aliphatic hydroxyl groups is 2. The molecular formula is C15H15NO4. The lowest BCUT2D eigenvalue weighted by atomic mass is 10.1. The van der Waals surface area contributed by atoms with Crippen LogP contribution in [0.1, 0.15) is 27.3 Å². The maximum atomic E-state index is 11.0. The molecule has 0 saturated carbocycles. The third-order valence-electron chi connectivity index (χ3n) is 2.79. The van der Waals surface area contributed by atoms with Crippen molar-refractivity contribution in [2.75, 3.05) is 0 Å². The molecule has 1 aromatic carbocycles. The summed E-state index contributed by atoms with van der Waals surface area (Å²) in [5.74, 6) is 0.438. The monoisotopic (exact) mass is 273 g/mol. The number of carbonyl (C=O) groups excluding carboxylic acids is 1. The van der Waals surface area contributed by atoms with Crippen molar-refractivity contribution in [3.05, 3.63) is 58.9 Å². The zero-order valence-corrected chi connectivity index (χ0v) is 10.8. The number of hydrogen-bond donors (Lipinski definition) is 2. The Bertz CT molecular complexity index is 598. The molecule has 0 saturated heterocycles. The molecule has 0 radical (unpaired) electrons. The first-order chi connectivity index (χ1) is 9.76. The average molecular weight is 273 g/mol. The number of benzene rings is 1. The van der Waals surface area contributed by atoms with Gasteiger partial charge in [0.05, 0.1) is 30.2 Å². The number of nitrogens with zero attached hydrogens (tertiary/aromatic N) is 1. The smallest absolute Gasteiger partial charge is 0.153 e. The first-order valence-electron chi connectivity index (χ1n) is 6.14. The molecule has 0 amide bonds. The summed E-state index contributed by atoms with van der Waals surface area (Å²) in [6.45, 7) is -0.0486. The summed E-state index contributed by atoms with van der Waals surface area (Å²) in [6.07, 6.45) is 0.687. The molecule has 0 unspecified atom stereocenters. The van der Waals surface area contributed by atoms with Gasteiger partial charge < -0.3 is 14.9 Å². The van der Waals surface area contributed by atoms with Crippen molar-refractivity contribution in [1.82, 2.24) is 4.98 Å². The lowest BCUT2D eigenvalue weighted by Crippen LogP contribution is -2.02. The molecule has 0 spiro atoms. The van der Waals surface area contributed by atoms with Crippen LogP contribution in [0, 0.1) is 0 Å². The Hall–Kier alpha value is -2.24. The zero-order valence-electron chi connectivity index (χ0n) is 10.8. The second-order valence-electron chi connectivity index (χ2n) is 4.22. The summed E-state index contributed by atoms with van der Waals surface area (Å²) in [7, 11) is 0. The van der Waals surface area contributed by atoms with Crippen LogP contribution in [0.2, 0.25) is 0 Å². The first-order valence-corrected chi connectivity index (χ1v) is 6.14. The SMILES string of the molecule is O=Cc1cc(CO)ccc1OCc1cccc(CO)n1. The highest BCUT2D eigenvalue weighted by Crippen LogP contribution is 2.19. The summed E-state index contributed by atoms with van der Waals surface area (Å²) in [6, 6.07) is 10.2. The van der Waals surface area contributed by atoms with Gasteiger partial charge in [-0.3, -0.25) is 9.78 Å². The van der Waals surface area contributed by atoms with Crippen molar-refractivity contribution < 1.29 is 19.7 Å². The second kappa shape index (κ2) is 6.79. The molecule has 104 valence electrons. The minimum atomic E-state index is -0.126. The third-order valence-corrected chi connectivity index (χ3v) is 2.79. The molecule has 2 N–H and O–H groups in total. The molecule has 20 heavy (non-hydrogen) atoms. The molecule has 0 aliphatic rings. The van der Waals surface area contributed by atoms with Gasteiger partial charge in [0.25, 0.3) is 0 Å². The van der Waals surface area contributed by atoms with Crippen LogP contribution in [-0.2, 0) is 19.8 Å². The van der Waals surface area contributed by atoms with Gasteiger partial charge in [0.2, 0.25) is 0 Å². The molecule has 5 nitrogen and oxygen atoms in total. The zero-order chi connectivity index (χ0) is 14.4. The number of hydrogen-bond acceptors (Lipinski definition) is 5. The van der Waals surface area contributed by atoms with Gasteiger partial charge in [0, 0.05) is 0 Å². The van der Waals surface area contributed by atoms with Crippen LogP contribution in [0.4, 0.5) is 0 Å². The Kier molecular flexibility index (Phi) is 4.81. The minimum Gasteiger partial charge on any atom is -0.487 e. The van der Waals surface area contributed by atoms with Crippen molar-refractivity contribution in [3.63, 3.8) is 0 Å². The highest BCUT2D eigenvalue weighted by atomic mass is 16.5. The van der Waals surface area contributed by atoms with Gasteiger partial charge in [0.1, 0.15) is 12.4 Å². The quantitative estimate of drug-likeness (QED) is 0.779. The van der Waals surface area contributed by atoms with Crippen LogP contribution >= 0.6 is 0 Å². The Morgan fingerprint density at radius 2 is 1.90 bits per heavy atom. The van der Waals surface area contributed by atoms with Crippen LogP contribution in [0.15, 0.2) is 36.4 Å². The van der Waals surface area contributed by atoms with Gasteiger partial charge in [-0.25, -0.2) is 0 Å². The summed E-state index contributed by atoms with van der Waals surface area (Å²) in [5.41, 5.74) is 2.27. The van der Waals surface area contributed by atoms with Crippen molar-refractivity contribution in [2.45, 2.75) is 19.8 Å². The topological polar surface area (TPSA) is 79.7 Å². The van der Waals surface area contributed by atoms with Gasteiger partial charge in [-0.2, -0.15) is 0 Å². The largest absolute Gasteiger partial charge is 0.487 e. The molecule has 2 aromatic rings. The Labute approximate surface area is 116 Å². The van der Waals surface area contributed by atoms with E-state index in [9.17, 15) is 4.79 Å². The standard InChI is InChI=1S/C15H15NO4/c17-7-11-4-5-15(12(6-11)8-18)20-10-14-3-1-2-13(9-19)16-14/h1-6,8,17,19H,7,9-10H2. The summed E-state index contributed by atoms with van der Waals surface area (Å²) < 4.78 is 5.56. The lowest BCUT2D eigenvalue weighted by molar-refractivity contribution is 0.111. The van der Waals surface area contributed by atoms with Crippen LogP contribution < -0.4 is 4.74 Å². The predicted octanol–water partition coefficient (Wildman–Crippen LogP) is 1.46. The van der Waals surface area contributed by atoms with Gasteiger partial charge in [-0.15, -0.1) is 0 Å². The van der Waals surface area contributed by atoms with E-state index in [0.29, 0.717) is 34.6 Å². The maximum Gasteiger partial charge on any atom is 0.153 e. The summed E-state index contributed by atoms with van der Waals surface area (Å²) in [4.78, 5) is 15.2. The van der Waals surface area contributed by atoms with E-state index in [1.807, 2.05) is 0 Å². The molecule has 5 heteroatoms. The normalized spacial score (nSPS) is 10.3. The number of pyridine rings is 1. The van der Waals surface area contributed by atoms with Crippen molar-refractivity contribution in [3.8, 4) is 5.75 Å². The molecule has 0 aliphatic heterocycles. The fourth-order valence-electron chi connectivity index (χ4n) is 1.77. The number of aliphatic hydroxyl groups excluding tert-OH is 2. The fraction of sp³-hybridized carbons (Fsp3) is 0.200. The summed E-state index contributed by atoms with van der Waals surface area (Å²) >= 11 is 0. The van der Waals surface area contributed by atoms with Crippen molar-refractivity contribution in [2.24, 2.45) is 0 Å². The van der Waals surface area contributed by atoms with Gasteiger partial charge >= 0.3 is 0 Å². The van der Waals surface area contributed by atoms with Gasteiger partial charge in [-0.05, 0) is 29.8 Å². The van der Waals surface area contributed by atoms with E-state index in [0.717, 1.165) is 0 Å². The Balaban J connectivity index is 2.11. The minimum absolute atomic E-state index is 0.124. The van der Waals surface area contributed by atoms with Gasteiger partial charge in [-0.1, -0.05) is 12.1 Å². The van der Waals surface area contributed by atoms with E-state index in [2.05, 4.69) is 4.98 Å². The Morgan fingerprint density at radius 1 is 1.10 bits per heavy atom. The van der Waals surface area contributed by atoms with E-state index < -0.39 is 0 Å². The van der Waals surface area contributed by atoms with E-state index in [-0.39, 0.29) is 19.8 Å². The van der Waals surface area contributed by atoms with E-state index in [1.165, 1.54) is 0 Å². The van der Waals surface area contributed by atoms with Crippen molar-refractivity contribution >= 4 is 6.29 Å². The van der Waals surface area contributed by atoms with Gasteiger partial charge in [0.15, 0.2) is 6.29 Å². The highest BCUT2D eigenvalue weighted by molar-refractivity contribution is 5.79. The van der Waals surface area contributed by atoms with Crippen molar-refractivity contribution in [1.29, 1.82) is 0 Å². The number of carbonyl (C=O) groups is 1. The second-order valence-corrected chi connectivity index (χ2v) is 4.22. The predicted molar refractivity (Wildman–Crippen MR) is 72.2 cm³/mol. The third kappa shape index (κ3) is 3.40. The van der Waals surface area contributed by atoms with E-state index in [1.54, 1.807) is 36.4 Å². The molecule has 2 rings (SSSR count). The van der Waals surface area contributed by atoms with Crippen LogP contribution in [0.25, 0.3) is 0 Å². The fourth-order valence-corrected chi connectivity index (χ4v) is 1.77. The number of ether oxygens (including phenoxy) is 1. The average Bonchev–Trinajstić information content (AvgIpc) is 2.52. The lowest BCUT2D eigenvalue weighted by Gasteiger charge is -2.09. The molecular weight excluding hydrogens is 258 g/mol.